The van der Waals surface area contributed by atoms with Crippen LogP contribution in [0.1, 0.15) is 67.6 Å². The van der Waals surface area contributed by atoms with Gasteiger partial charge >= 0.3 is 0 Å². The molecule has 226 valence electrons. The number of benzene rings is 2. The van der Waals surface area contributed by atoms with E-state index < -0.39 is 0 Å². The zero-order valence-electron chi connectivity index (χ0n) is 25.8. The van der Waals surface area contributed by atoms with Crippen molar-refractivity contribution < 1.29 is 0 Å². The van der Waals surface area contributed by atoms with Crippen LogP contribution >= 0.6 is 0 Å². The summed E-state index contributed by atoms with van der Waals surface area (Å²) in [6.45, 7) is 10.8. The molecule has 2 aromatic carbocycles. The molecule has 0 spiro atoms. The van der Waals surface area contributed by atoms with Gasteiger partial charge in [0.2, 0.25) is 0 Å². The van der Waals surface area contributed by atoms with Crippen molar-refractivity contribution in [2.75, 3.05) is 36.0 Å². The molecule has 6 rings (SSSR count). The van der Waals surface area contributed by atoms with E-state index in [2.05, 4.69) is 65.8 Å². The number of nitrogens with one attached hydrogen (secondary N) is 2. The highest BCUT2D eigenvalue weighted by atomic mass is 15.2. The summed E-state index contributed by atoms with van der Waals surface area (Å²) in [6.07, 6.45) is 15.4. The van der Waals surface area contributed by atoms with Crippen LogP contribution in [0.15, 0.2) is 110 Å². The van der Waals surface area contributed by atoms with Crippen molar-refractivity contribution in [3.8, 4) is 0 Å². The fourth-order valence-electron chi connectivity index (χ4n) is 6.97. The lowest BCUT2D eigenvalue weighted by Gasteiger charge is -2.42. The first-order valence-electron chi connectivity index (χ1n) is 16.1. The van der Waals surface area contributed by atoms with E-state index >= 15 is 0 Å². The first kappa shape index (κ1) is 29.8. The lowest BCUT2D eigenvalue weighted by molar-refractivity contribution is 0.132. The van der Waals surface area contributed by atoms with E-state index in [1.165, 1.54) is 29.7 Å². The maximum atomic E-state index is 8.52. The molecular formula is C38H44N6. The fourth-order valence-corrected chi connectivity index (χ4v) is 6.97. The summed E-state index contributed by atoms with van der Waals surface area (Å²) in [7, 11) is 0. The largest absolute Gasteiger partial charge is 0.371 e. The van der Waals surface area contributed by atoms with Crippen molar-refractivity contribution in [3.05, 3.63) is 126 Å². The second-order valence-electron chi connectivity index (χ2n) is 12.2. The molecule has 1 atom stereocenters. The summed E-state index contributed by atoms with van der Waals surface area (Å²) in [5.74, 6) is 1.76. The molecule has 3 aromatic rings. The molecular weight excluding hydrogens is 540 g/mol. The molecule has 4 heterocycles. The number of allylic oxidation sites excluding steroid dienone is 3. The van der Waals surface area contributed by atoms with Crippen LogP contribution in [0.5, 0.6) is 0 Å². The van der Waals surface area contributed by atoms with E-state index in [9.17, 15) is 0 Å². The summed E-state index contributed by atoms with van der Waals surface area (Å²) in [5.41, 5.74) is 6.29. The van der Waals surface area contributed by atoms with Crippen LogP contribution in [-0.4, -0.2) is 53.5 Å². The molecule has 0 saturated carbocycles. The third kappa shape index (κ3) is 6.46. The van der Waals surface area contributed by atoms with Crippen molar-refractivity contribution in [1.29, 1.82) is 10.8 Å². The third-order valence-corrected chi connectivity index (χ3v) is 9.70. The Labute approximate surface area is 262 Å². The quantitative estimate of drug-likeness (QED) is 0.198. The van der Waals surface area contributed by atoms with Gasteiger partial charge in [0.05, 0.1) is 17.1 Å². The summed E-state index contributed by atoms with van der Waals surface area (Å²) in [4.78, 5) is 12.0. The molecule has 6 heteroatoms. The average molecular weight is 585 g/mol. The minimum atomic E-state index is 0.385. The van der Waals surface area contributed by atoms with Crippen LogP contribution in [0.3, 0.4) is 0 Å². The Morgan fingerprint density at radius 1 is 0.955 bits per heavy atom. The second-order valence-corrected chi connectivity index (χ2v) is 12.2. The number of piperidine rings is 2. The Morgan fingerprint density at radius 2 is 1.68 bits per heavy atom. The van der Waals surface area contributed by atoms with Crippen molar-refractivity contribution in [3.63, 3.8) is 0 Å². The SMILES string of the molecule is C=CC(CC)c1ccc(N2CCC(N3CCC(c4ccc(N5C=CC(=N)/C5=C\C(=N)c5ccccc5)nc4)CC3)CC2)cc1. The number of anilines is 2. The maximum Gasteiger partial charge on any atom is 0.137 e. The van der Waals surface area contributed by atoms with Gasteiger partial charge in [-0.05, 0) is 98.2 Å². The van der Waals surface area contributed by atoms with E-state index in [1.807, 2.05) is 47.6 Å². The van der Waals surface area contributed by atoms with Gasteiger partial charge in [-0.15, -0.1) is 6.58 Å². The van der Waals surface area contributed by atoms with Crippen molar-refractivity contribution in [2.24, 2.45) is 0 Å². The van der Waals surface area contributed by atoms with E-state index in [-0.39, 0.29) is 0 Å². The van der Waals surface area contributed by atoms with Gasteiger partial charge in [-0.2, -0.15) is 0 Å². The molecule has 2 saturated heterocycles. The molecule has 0 radical (unpaired) electrons. The molecule has 0 bridgehead atoms. The van der Waals surface area contributed by atoms with Gasteiger partial charge in [-0.3, -0.25) is 10.3 Å². The average Bonchev–Trinajstić information content (AvgIpc) is 3.45. The minimum absolute atomic E-state index is 0.385. The molecule has 1 unspecified atom stereocenters. The van der Waals surface area contributed by atoms with Gasteiger partial charge in [-0.1, -0.05) is 61.5 Å². The number of hydrogen-bond acceptors (Lipinski definition) is 6. The lowest BCUT2D eigenvalue weighted by atomic mass is 9.88. The van der Waals surface area contributed by atoms with E-state index in [0.717, 1.165) is 56.8 Å². The maximum absolute atomic E-state index is 8.52. The summed E-state index contributed by atoms with van der Waals surface area (Å²) in [6, 6.07) is 23.7. The van der Waals surface area contributed by atoms with Crippen molar-refractivity contribution in [2.45, 2.75) is 56.9 Å². The molecule has 2 fully saturated rings. The first-order valence-corrected chi connectivity index (χ1v) is 16.1. The van der Waals surface area contributed by atoms with Crippen LogP contribution in [-0.2, 0) is 0 Å². The lowest BCUT2D eigenvalue weighted by Crippen LogP contribution is -2.47. The predicted molar refractivity (Wildman–Crippen MR) is 183 cm³/mol. The van der Waals surface area contributed by atoms with Crippen LogP contribution in [0.2, 0.25) is 0 Å². The van der Waals surface area contributed by atoms with Crippen LogP contribution in [0, 0.1) is 10.8 Å². The van der Waals surface area contributed by atoms with Crippen LogP contribution in [0.4, 0.5) is 11.5 Å². The number of aromatic nitrogens is 1. The number of pyridine rings is 1. The van der Waals surface area contributed by atoms with Gasteiger partial charge in [0, 0.05) is 43.1 Å². The molecule has 1 aromatic heterocycles. The van der Waals surface area contributed by atoms with Crippen molar-refractivity contribution in [1.82, 2.24) is 9.88 Å². The highest BCUT2D eigenvalue weighted by Crippen LogP contribution is 2.33. The topological polar surface area (TPSA) is 70.3 Å². The van der Waals surface area contributed by atoms with Gasteiger partial charge in [-0.25, -0.2) is 4.98 Å². The second kappa shape index (κ2) is 13.6. The van der Waals surface area contributed by atoms with Crippen LogP contribution < -0.4 is 9.80 Å². The van der Waals surface area contributed by atoms with E-state index in [4.69, 9.17) is 15.8 Å². The molecule has 6 nitrogen and oxygen atoms in total. The van der Waals surface area contributed by atoms with Gasteiger partial charge in [0.15, 0.2) is 0 Å². The molecule has 0 aliphatic carbocycles. The van der Waals surface area contributed by atoms with Gasteiger partial charge < -0.3 is 15.2 Å². The third-order valence-electron chi connectivity index (χ3n) is 9.70. The van der Waals surface area contributed by atoms with Crippen molar-refractivity contribution >= 4 is 22.9 Å². The molecule has 3 aliphatic heterocycles. The minimum Gasteiger partial charge on any atom is -0.371 e. The highest BCUT2D eigenvalue weighted by Gasteiger charge is 2.29. The van der Waals surface area contributed by atoms with Gasteiger partial charge in [0.1, 0.15) is 5.82 Å². The molecule has 0 amide bonds. The molecule has 3 aliphatic rings. The number of rotatable bonds is 9. The summed E-state index contributed by atoms with van der Waals surface area (Å²) in [5, 5.41) is 16.9. The Hall–Kier alpha value is -4.29. The standard InChI is InChI=1S/C38H44N6/c1-3-28(4-2)29-10-13-33(14-11-29)43-23-18-34(19-24-43)42-21-16-30(17-22-42)32-12-15-38(41-27-32)44-25-20-35(39)37(44)26-36(40)31-8-6-5-7-9-31/h3,5-15,20,25-28,30,34,39-40H,1,4,16-19,21-24H2,2H3/b37-26+,39-35?,40-36?. The van der Waals surface area contributed by atoms with E-state index in [1.54, 1.807) is 12.2 Å². The Balaban J connectivity index is 1.01. The predicted octanol–water partition coefficient (Wildman–Crippen LogP) is 7.92. The zero-order chi connectivity index (χ0) is 30.5. The molecule has 2 N–H and O–H groups in total. The monoisotopic (exact) mass is 584 g/mol. The number of hydrogen-bond donors (Lipinski definition) is 2. The fraction of sp³-hybridized carbons (Fsp3) is 0.342. The highest BCUT2D eigenvalue weighted by molar-refractivity contribution is 6.18. The van der Waals surface area contributed by atoms with E-state index in [0.29, 0.717) is 35.0 Å². The zero-order valence-corrected chi connectivity index (χ0v) is 25.8. The first-order chi connectivity index (χ1) is 21.5. The summed E-state index contributed by atoms with van der Waals surface area (Å²) < 4.78 is 0. The molecule has 44 heavy (non-hydrogen) atoms. The smallest absolute Gasteiger partial charge is 0.137 e. The van der Waals surface area contributed by atoms with Gasteiger partial charge in [0.25, 0.3) is 0 Å². The number of likely N-dealkylation sites (tertiary alicyclic amines) is 1. The van der Waals surface area contributed by atoms with Crippen LogP contribution in [0.25, 0.3) is 0 Å². The normalized spacial score (nSPS) is 19.9. The Bertz CT molecular complexity index is 1510. The Kier molecular flexibility index (Phi) is 9.17. The Morgan fingerprint density at radius 3 is 2.32 bits per heavy atom. The summed E-state index contributed by atoms with van der Waals surface area (Å²) >= 11 is 0. The number of nitrogens with zero attached hydrogens (tertiary/aromatic N) is 4.